The van der Waals surface area contributed by atoms with E-state index in [1.807, 2.05) is 13.8 Å². The minimum absolute atomic E-state index is 0.0267. The maximum absolute atomic E-state index is 11.9. The average molecular weight is 288 g/mol. The Kier molecular flexibility index (Phi) is 6.38. The van der Waals surface area contributed by atoms with Crippen LogP contribution in [0, 0.1) is 5.92 Å². The van der Waals surface area contributed by atoms with Gasteiger partial charge in [0.25, 0.3) is 0 Å². The van der Waals surface area contributed by atoms with Crippen molar-refractivity contribution >= 4 is 11.9 Å². The lowest BCUT2D eigenvalue weighted by Gasteiger charge is -2.23. The van der Waals surface area contributed by atoms with Crippen molar-refractivity contribution in [3.8, 4) is 0 Å². The molecule has 7 heteroatoms. The lowest BCUT2D eigenvalue weighted by molar-refractivity contribution is -0.146. The zero-order valence-corrected chi connectivity index (χ0v) is 12.2. The molecule has 0 aromatic carbocycles. The summed E-state index contributed by atoms with van der Waals surface area (Å²) >= 11 is 0. The SMILES string of the molecule is CCC(C)C(NC(=O)CN1C[C@@H](O)[C@@H](O)C1)C(=O)OC. The highest BCUT2D eigenvalue weighted by molar-refractivity contribution is 5.85. The largest absolute Gasteiger partial charge is 0.467 e. The summed E-state index contributed by atoms with van der Waals surface area (Å²) in [6.45, 7) is 4.34. The van der Waals surface area contributed by atoms with Crippen molar-refractivity contribution in [2.24, 2.45) is 5.92 Å². The second kappa shape index (κ2) is 7.56. The van der Waals surface area contributed by atoms with E-state index in [1.165, 1.54) is 7.11 Å². The number of carbonyl (C=O) groups excluding carboxylic acids is 2. The van der Waals surface area contributed by atoms with Crippen molar-refractivity contribution in [1.29, 1.82) is 0 Å². The van der Waals surface area contributed by atoms with E-state index in [0.717, 1.165) is 6.42 Å². The Morgan fingerprint density at radius 2 is 1.90 bits per heavy atom. The van der Waals surface area contributed by atoms with E-state index < -0.39 is 24.2 Å². The third-order valence-corrected chi connectivity index (χ3v) is 3.69. The van der Waals surface area contributed by atoms with Gasteiger partial charge in [-0.05, 0) is 5.92 Å². The van der Waals surface area contributed by atoms with Crippen molar-refractivity contribution in [2.75, 3.05) is 26.7 Å². The second-order valence-corrected chi connectivity index (χ2v) is 5.28. The van der Waals surface area contributed by atoms with E-state index in [2.05, 4.69) is 5.32 Å². The number of aliphatic hydroxyl groups excluding tert-OH is 2. The maximum Gasteiger partial charge on any atom is 0.328 e. The normalized spacial score (nSPS) is 26.1. The molecule has 2 unspecified atom stereocenters. The molecule has 116 valence electrons. The molecule has 1 saturated heterocycles. The Morgan fingerprint density at radius 1 is 1.35 bits per heavy atom. The van der Waals surface area contributed by atoms with Crippen LogP contribution < -0.4 is 5.32 Å². The molecule has 0 aliphatic carbocycles. The summed E-state index contributed by atoms with van der Waals surface area (Å²) in [6.07, 6.45) is -0.913. The number of amides is 1. The molecule has 3 N–H and O–H groups in total. The quantitative estimate of drug-likeness (QED) is 0.527. The van der Waals surface area contributed by atoms with Gasteiger partial charge >= 0.3 is 5.97 Å². The number of methoxy groups -OCH3 is 1. The van der Waals surface area contributed by atoms with Gasteiger partial charge in [0, 0.05) is 13.1 Å². The number of nitrogens with one attached hydrogen (secondary N) is 1. The van der Waals surface area contributed by atoms with Crippen molar-refractivity contribution in [3.05, 3.63) is 0 Å². The average Bonchev–Trinajstić information content (AvgIpc) is 2.72. The summed E-state index contributed by atoms with van der Waals surface area (Å²) in [6, 6.07) is -0.671. The van der Waals surface area contributed by atoms with E-state index in [1.54, 1.807) is 4.90 Å². The number of esters is 1. The van der Waals surface area contributed by atoms with Gasteiger partial charge in [-0.1, -0.05) is 20.3 Å². The zero-order chi connectivity index (χ0) is 15.3. The molecule has 0 saturated carbocycles. The first-order chi connectivity index (χ1) is 9.38. The predicted octanol–water partition coefficient (Wildman–Crippen LogP) is -1.27. The van der Waals surface area contributed by atoms with Gasteiger partial charge < -0.3 is 20.3 Å². The molecule has 1 aliphatic heterocycles. The topological polar surface area (TPSA) is 99.1 Å². The van der Waals surface area contributed by atoms with Crippen molar-refractivity contribution in [2.45, 2.75) is 38.5 Å². The number of carbonyl (C=O) groups is 2. The predicted molar refractivity (Wildman–Crippen MR) is 71.9 cm³/mol. The standard InChI is InChI=1S/C13H24N2O5/c1-4-8(2)12(13(19)20-3)14-11(18)7-15-5-9(16)10(17)6-15/h8-10,12,16-17H,4-7H2,1-3H3,(H,14,18)/t8?,9-,10+,12?. The van der Waals surface area contributed by atoms with Crippen molar-refractivity contribution in [1.82, 2.24) is 10.2 Å². The highest BCUT2D eigenvalue weighted by Crippen LogP contribution is 2.11. The summed E-state index contributed by atoms with van der Waals surface area (Å²) in [5, 5.41) is 21.5. The Morgan fingerprint density at radius 3 is 2.35 bits per heavy atom. The zero-order valence-electron chi connectivity index (χ0n) is 12.2. The number of rotatable bonds is 6. The van der Waals surface area contributed by atoms with Crippen LogP contribution in [0.3, 0.4) is 0 Å². The van der Waals surface area contributed by atoms with E-state index in [9.17, 15) is 19.8 Å². The summed E-state index contributed by atoms with van der Waals surface area (Å²) in [7, 11) is 1.29. The lowest BCUT2D eigenvalue weighted by Crippen LogP contribution is -2.48. The Hall–Kier alpha value is -1.18. The lowest BCUT2D eigenvalue weighted by atomic mass is 9.99. The number of likely N-dealkylation sites (tertiary alicyclic amines) is 1. The van der Waals surface area contributed by atoms with Crippen LogP contribution in [0.5, 0.6) is 0 Å². The molecule has 1 aliphatic rings. The van der Waals surface area contributed by atoms with E-state index in [-0.39, 0.29) is 31.5 Å². The van der Waals surface area contributed by atoms with Crippen LogP contribution in [0.1, 0.15) is 20.3 Å². The molecule has 1 amide bonds. The molecule has 7 nitrogen and oxygen atoms in total. The first kappa shape index (κ1) is 16.9. The van der Waals surface area contributed by atoms with Crippen LogP contribution in [0.4, 0.5) is 0 Å². The molecule has 0 spiro atoms. The van der Waals surface area contributed by atoms with Gasteiger partial charge in [-0.3, -0.25) is 9.69 Å². The molecular weight excluding hydrogens is 264 g/mol. The molecular formula is C13H24N2O5. The molecule has 1 rings (SSSR count). The highest BCUT2D eigenvalue weighted by Gasteiger charge is 2.32. The maximum atomic E-state index is 11.9. The second-order valence-electron chi connectivity index (χ2n) is 5.28. The number of hydrogen-bond donors (Lipinski definition) is 3. The van der Waals surface area contributed by atoms with Crippen molar-refractivity contribution in [3.63, 3.8) is 0 Å². The summed E-state index contributed by atoms with van der Waals surface area (Å²) in [4.78, 5) is 25.2. The molecule has 0 bridgehead atoms. The first-order valence-electron chi connectivity index (χ1n) is 6.84. The van der Waals surface area contributed by atoms with Gasteiger partial charge in [-0.25, -0.2) is 4.79 Å². The molecule has 0 radical (unpaired) electrons. The van der Waals surface area contributed by atoms with Crippen LogP contribution >= 0.6 is 0 Å². The van der Waals surface area contributed by atoms with E-state index >= 15 is 0 Å². The van der Waals surface area contributed by atoms with Crippen LogP contribution in [0.15, 0.2) is 0 Å². The third-order valence-electron chi connectivity index (χ3n) is 3.69. The number of aliphatic hydroxyl groups is 2. The highest BCUT2D eigenvalue weighted by atomic mass is 16.5. The number of nitrogens with zero attached hydrogens (tertiary/aromatic N) is 1. The monoisotopic (exact) mass is 288 g/mol. The molecule has 0 aromatic heterocycles. The Labute approximate surface area is 118 Å². The fourth-order valence-electron chi connectivity index (χ4n) is 2.19. The van der Waals surface area contributed by atoms with Gasteiger partial charge in [0.2, 0.25) is 5.91 Å². The number of β-amino-alcohol motifs (C(OH)–C–C–N with tert-alkyl or cyclic N) is 2. The fourth-order valence-corrected chi connectivity index (χ4v) is 2.19. The minimum Gasteiger partial charge on any atom is -0.467 e. The van der Waals surface area contributed by atoms with E-state index in [4.69, 9.17) is 4.74 Å². The summed E-state index contributed by atoms with van der Waals surface area (Å²) in [5.74, 6) is -0.808. The van der Waals surface area contributed by atoms with Gasteiger partial charge in [-0.15, -0.1) is 0 Å². The Balaban J connectivity index is 2.52. The Bertz CT molecular complexity index is 340. The number of hydrogen-bond acceptors (Lipinski definition) is 6. The molecule has 1 fully saturated rings. The van der Waals surface area contributed by atoms with Crippen LogP contribution in [-0.2, 0) is 14.3 Å². The number of ether oxygens (including phenoxy) is 1. The third kappa shape index (κ3) is 4.43. The van der Waals surface area contributed by atoms with Crippen LogP contribution in [0.2, 0.25) is 0 Å². The van der Waals surface area contributed by atoms with E-state index in [0.29, 0.717) is 0 Å². The molecule has 1 heterocycles. The summed E-state index contributed by atoms with van der Waals surface area (Å²) in [5.41, 5.74) is 0. The van der Waals surface area contributed by atoms with Gasteiger partial charge in [0.15, 0.2) is 0 Å². The summed E-state index contributed by atoms with van der Waals surface area (Å²) < 4.78 is 4.69. The first-order valence-corrected chi connectivity index (χ1v) is 6.84. The minimum atomic E-state index is -0.825. The van der Waals surface area contributed by atoms with Gasteiger partial charge in [0.1, 0.15) is 6.04 Å². The van der Waals surface area contributed by atoms with Gasteiger partial charge in [-0.2, -0.15) is 0 Å². The molecule has 20 heavy (non-hydrogen) atoms. The van der Waals surface area contributed by atoms with Crippen LogP contribution in [-0.4, -0.2) is 72.0 Å². The van der Waals surface area contributed by atoms with Crippen LogP contribution in [0.25, 0.3) is 0 Å². The smallest absolute Gasteiger partial charge is 0.328 e. The van der Waals surface area contributed by atoms with Crippen molar-refractivity contribution < 1.29 is 24.5 Å². The fraction of sp³-hybridized carbons (Fsp3) is 0.846. The molecule has 0 aromatic rings. The van der Waals surface area contributed by atoms with Gasteiger partial charge in [0.05, 0.1) is 25.9 Å². The molecule has 4 atom stereocenters.